The number of pyridine rings is 4. The van der Waals surface area contributed by atoms with Crippen molar-refractivity contribution in [1.82, 2.24) is 78.3 Å². The van der Waals surface area contributed by atoms with Crippen LogP contribution in [-0.2, 0) is 19.2 Å². The smallest absolute Gasteiger partial charge is 0.306 e. The van der Waals surface area contributed by atoms with E-state index in [0.29, 0.717) is 102 Å². The van der Waals surface area contributed by atoms with Gasteiger partial charge in [-0.2, -0.15) is 38.5 Å². The summed E-state index contributed by atoms with van der Waals surface area (Å²) in [4.78, 5) is 83.7. The average Bonchev–Trinajstić information content (AvgIpc) is 1.75. The summed E-state index contributed by atoms with van der Waals surface area (Å²) in [6, 6.07) is 50.0. The van der Waals surface area contributed by atoms with Crippen molar-refractivity contribution < 1.29 is 39.6 Å². The quantitative estimate of drug-likeness (QED) is 0.0445. The van der Waals surface area contributed by atoms with Gasteiger partial charge >= 0.3 is 23.9 Å². The molecular weight excluding hydrogens is 1940 g/mol. The molecule has 666 valence electrons. The zero-order valence-corrected chi connectivity index (χ0v) is 78.4. The van der Waals surface area contributed by atoms with Crippen molar-refractivity contribution in [2.24, 2.45) is 23.7 Å². The molecule has 0 unspecified atom stereocenters. The molecule has 12 N–H and O–H groups in total. The van der Waals surface area contributed by atoms with Crippen molar-refractivity contribution in [2.45, 2.75) is 140 Å². The van der Waals surface area contributed by atoms with Gasteiger partial charge in [0.15, 0.2) is 22.6 Å². The van der Waals surface area contributed by atoms with E-state index in [1.54, 1.807) is 49.0 Å². The number of fused-ring (bicyclic) bond motifs is 4. The molecule has 20 rings (SSSR count). The monoisotopic (exact) mass is 2030 g/mol. The van der Waals surface area contributed by atoms with Crippen LogP contribution in [0.25, 0.3) is 112 Å². The summed E-state index contributed by atoms with van der Waals surface area (Å²) < 4.78 is 9.46. The molecule has 16 aromatic rings. The first-order valence-corrected chi connectivity index (χ1v) is 46.9. The van der Waals surface area contributed by atoms with Crippen LogP contribution in [0.1, 0.15) is 160 Å². The van der Waals surface area contributed by atoms with Gasteiger partial charge in [-0.3, -0.25) is 39.1 Å². The van der Waals surface area contributed by atoms with Crippen LogP contribution < -0.4 is 22.9 Å². The van der Waals surface area contributed by atoms with Crippen molar-refractivity contribution in [2.75, 3.05) is 22.9 Å². The lowest BCUT2D eigenvalue weighted by atomic mass is 9.80. The molecule has 12 heterocycles. The Kier molecular flexibility index (Phi) is 26.9. The number of anilines is 4. The van der Waals surface area contributed by atoms with Gasteiger partial charge in [0.2, 0.25) is 0 Å². The van der Waals surface area contributed by atoms with Crippen LogP contribution in [0.4, 0.5) is 23.3 Å². The molecule has 4 saturated carbocycles. The fraction of sp³-hybridized carbons (Fsp3) is 0.265. The molecule has 12 aromatic heterocycles. The normalized spacial score (nSPS) is 18.5. The van der Waals surface area contributed by atoms with E-state index in [9.17, 15) is 39.6 Å². The summed E-state index contributed by atoms with van der Waals surface area (Å²) in [6.07, 6.45) is 25.7. The van der Waals surface area contributed by atoms with Crippen LogP contribution in [0, 0.1) is 37.5 Å². The highest BCUT2D eigenvalue weighted by Crippen LogP contribution is 2.47. The van der Waals surface area contributed by atoms with Crippen LogP contribution >= 0.6 is 75.3 Å². The maximum atomic E-state index is 11.3. The molecule has 0 spiro atoms. The maximum Gasteiger partial charge on any atom is 0.306 e. The molecule has 0 radical (unpaired) electrons. The van der Waals surface area contributed by atoms with Gasteiger partial charge in [0.05, 0.1) is 112 Å². The van der Waals surface area contributed by atoms with Crippen LogP contribution in [0.2, 0.25) is 5.02 Å². The fourth-order valence-electron chi connectivity index (χ4n) is 18.2. The Bertz CT molecular complexity index is 6740. The number of nitrogen functional groups attached to an aromatic ring is 4. The minimum atomic E-state index is -0.719. The van der Waals surface area contributed by atoms with E-state index in [1.165, 1.54) is 11.1 Å². The lowest BCUT2D eigenvalue weighted by Crippen LogP contribution is -2.21. The first-order valence-electron chi connectivity index (χ1n) is 43.3. The van der Waals surface area contributed by atoms with E-state index >= 15 is 0 Å². The Morgan fingerprint density at radius 3 is 0.779 bits per heavy atom. The molecule has 0 bridgehead atoms. The number of hydrogen-bond donors (Lipinski definition) is 8. The number of halogens is 5. The molecule has 4 aliphatic carbocycles. The van der Waals surface area contributed by atoms with E-state index in [0.717, 1.165) is 182 Å². The van der Waals surface area contributed by atoms with Gasteiger partial charge in [0, 0.05) is 120 Å². The summed E-state index contributed by atoms with van der Waals surface area (Å²) in [5.41, 5.74) is 49.0. The number of carbonyl (C=O) groups is 4. The Balaban J connectivity index is 0.000000122. The second-order valence-corrected chi connectivity index (χ2v) is 37.3. The molecule has 0 aliphatic heterocycles. The van der Waals surface area contributed by atoms with Crippen molar-refractivity contribution in [3.8, 4) is 89.5 Å². The maximum absolute atomic E-state index is 11.3. The molecule has 0 saturated heterocycles. The second-order valence-electron chi connectivity index (χ2n) is 33.7. The van der Waals surface area contributed by atoms with Crippen LogP contribution in [0.5, 0.6) is 0 Å². The summed E-state index contributed by atoms with van der Waals surface area (Å²) in [7, 11) is 0. The lowest BCUT2D eigenvalue weighted by molar-refractivity contribution is -0.143. The molecular formula is C98H91Br4ClN20O8. The number of carboxylic acids is 4. The van der Waals surface area contributed by atoms with Gasteiger partial charge in [0.1, 0.15) is 23.3 Å². The summed E-state index contributed by atoms with van der Waals surface area (Å²) >= 11 is 20.4. The third-order valence-electron chi connectivity index (χ3n) is 25.8. The van der Waals surface area contributed by atoms with Gasteiger partial charge in [-0.15, -0.1) is 0 Å². The van der Waals surface area contributed by atoms with Gasteiger partial charge in [-0.05, 0) is 228 Å². The molecule has 4 aliphatic rings. The number of rotatable bonds is 16. The van der Waals surface area contributed by atoms with Crippen molar-refractivity contribution >= 4 is 145 Å². The first kappa shape index (κ1) is 90.2. The first-order chi connectivity index (χ1) is 63.3. The highest BCUT2D eigenvalue weighted by atomic mass is 79.9. The Morgan fingerprint density at radius 1 is 0.298 bits per heavy atom. The molecule has 0 amide bonds. The summed E-state index contributed by atoms with van der Waals surface area (Å²) in [6.45, 7) is 4.15. The lowest BCUT2D eigenvalue weighted by Gasteiger charge is -2.26. The van der Waals surface area contributed by atoms with Crippen molar-refractivity contribution in [3.05, 3.63) is 258 Å². The molecule has 33 heteroatoms. The number of benzene rings is 4. The number of nitrogens with zero attached hydrogens (tertiary/aromatic N) is 16. The zero-order chi connectivity index (χ0) is 91.6. The molecule has 4 fully saturated rings. The topological polar surface area (TPSA) is 426 Å². The standard InChI is InChI=1S/2C25H24BrN5O2.C24H21BrClN5O2.C24H22BrN5O2/c2*1-14-4-2-3-5-18(14)20-11-10-17(12-28-20)19-13-29-31-23(27)21(26)22(30-24(19)31)15-6-8-16(9-7-15)25(32)33;25-20-21(14-1-3-15(4-2-14)24(32)33)30-23-18(12-29-31(23)22(20)27)16-7-10-19(28-11-16)13-5-8-17(26)9-6-13;25-20-21(15-6-8-16(9-7-15)24(31)32)29-23-18(13-28-30(23)22(20)26)17-10-11-19(27-12-17)14-4-2-1-3-5-14/h2*2-5,10-13,15-16H,6-9,27H2,1H3,(H,32,33);5-12,14-15H,1-4,27H2,(H,32,33);1-5,10-13,15-16H,6-9,26H2,(H,31,32). The van der Waals surface area contributed by atoms with E-state index in [-0.39, 0.29) is 47.3 Å². The van der Waals surface area contributed by atoms with Gasteiger partial charge in [-0.25, -0.2) is 19.9 Å². The minimum absolute atomic E-state index is 0.149. The number of aryl methyl sites for hydroxylation is 2. The number of aromatic nitrogens is 16. The number of aliphatic carboxylic acids is 4. The SMILES string of the molecule is Cc1ccccc1-c1ccc(-c2cnn3c(N)c(Br)c(C4CCC(C(=O)O)CC4)nc23)cn1.Cc1ccccc1-c1ccc(-c2cnn3c(N)c(Br)c(C4CCC(C(=O)O)CC4)nc23)cn1.Nc1c(Br)c(C2CCC(C(=O)O)CC2)nc2c(-c3ccc(-c4ccc(Cl)cc4)nc3)cnn12.Nc1c(Br)c(C2CCC(C(=O)O)CC2)nc2c(-c3ccc(-c4ccccc4)nc3)cnn12. The molecule has 28 nitrogen and oxygen atoms in total. The third-order valence-corrected chi connectivity index (χ3v) is 29.3. The number of hydrogen-bond acceptors (Lipinski definition) is 20. The fourth-order valence-corrected chi connectivity index (χ4v) is 20.7. The van der Waals surface area contributed by atoms with E-state index in [1.807, 2.05) is 146 Å². The summed E-state index contributed by atoms with van der Waals surface area (Å²) in [5.74, 6) is -1.38. The Labute approximate surface area is 791 Å². The molecule has 0 atom stereocenters. The average molecular weight is 2030 g/mol. The number of nitrogens with two attached hydrogens (primary N) is 4. The zero-order valence-electron chi connectivity index (χ0n) is 71.3. The highest BCUT2D eigenvalue weighted by molar-refractivity contribution is 9.11. The van der Waals surface area contributed by atoms with Crippen LogP contribution in [-0.4, -0.2) is 123 Å². The number of carboxylic acid groups (broad SMARTS) is 4. The minimum Gasteiger partial charge on any atom is -0.481 e. The van der Waals surface area contributed by atoms with Gasteiger partial charge in [-0.1, -0.05) is 127 Å². The van der Waals surface area contributed by atoms with E-state index in [4.69, 9.17) is 54.5 Å². The molecule has 4 aromatic carbocycles. The predicted molar refractivity (Wildman–Crippen MR) is 519 cm³/mol. The Morgan fingerprint density at radius 2 is 0.534 bits per heavy atom. The summed E-state index contributed by atoms with van der Waals surface area (Å²) in [5, 5.41) is 55.7. The third kappa shape index (κ3) is 18.9. The van der Waals surface area contributed by atoms with Crippen molar-refractivity contribution in [3.63, 3.8) is 0 Å². The van der Waals surface area contributed by atoms with Crippen LogP contribution in [0.15, 0.2) is 219 Å². The predicted octanol–water partition coefficient (Wildman–Crippen LogP) is 21.9. The molecule has 131 heavy (non-hydrogen) atoms. The highest BCUT2D eigenvalue weighted by Gasteiger charge is 2.36. The second kappa shape index (κ2) is 39.1. The Hall–Kier alpha value is -12.8. The largest absolute Gasteiger partial charge is 0.481 e. The van der Waals surface area contributed by atoms with Crippen molar-refractivity contribution in [1.29, 1.82) is 0 Å². The van der Waals surface area contributed by atoms with Crippen LogP contribution in [0.3, 0.4) is 0 Å². The van der Waals surface area contributed by atoms with Gasteiger partial charge < -0.3 is 43.4 Å². The van der Waals surface area contributed by atoms with Gasteiger partial charge in [0.25, 0.3) is 0 Å². The van der Waals surface area contributed by atoms with E-state index < -0.39 is 23.9 Å². The van der Waals surface area contributed by atoms with E-state index in [2.05, 4.69) is 142 Å².